The Bertz CT molecular complexity index is 554. The average molecular weight is 219 g/mol. The van der Waals surface area contributed by atoms with Crippen molar-refractivity contribution in [2.75, 3.05) is 0 Å². The molecule has 0 saturated carbocycles. The summed E-state index contributed by atoms with van der Waals surface area (Å²) in [5.41, 5.74) is 3.40. The molecule has 1 aromatic carbocycles. The van der Waals surface area contributed by atoms with Crippen LogP contribution >= 0.6 is 0 Å². The molecule has 0 radical (unpaired) electrons. The Morgan fingerprint density at radius 3 is 2.41 bits per heavy atom. The Hall–Kier alpha value is -2.33. The van der Waals surface area contributed by atoms with E-state index in [1.807, 2.05) is 36.4 Å². The maximum Gasteiger partial charge on any atom is 0.0273 e. The van der Waals surface area contributed by atoms with E-state index in [0.29, 0.717) is 0 Å². The highest BCUT2D eigenvalue weighted by atomic mass is 14.6. The molecule has 0 saturated heterocycles. The molecule has 0 N–H and O–H groups in total. The van der Waals surface area contributed by atoms with E-state index in [-0.39, 0.29) is 0 Å². The maximum atomic E-state index is 3.96. The van der Waals surface area contributed by atoms with Gasteiger partial charge in [0, 0.05) is 18.0 Å². The lowest BCUT2D eigenvalue weighted by Crippen LogP contribution is -1.74. The largest absolute Gasteiger partial charge is 0.265 e. The van der Waals surface area contributed by atoms with E-state index in [9.17, 15) is 0 Å². The lowest BCUT2D eigenvalue weighted by atomic mass is 10.1. The van der Waals surface area contributed by atoms with Crippen LogP contribution in [0.15, 0.2) is 54.9 Å². The van der Waals surface area contributed by atoms with E-state index >= 15 is 0 Å². The minimum absolute atomic E-state index is 1.04. The summed E-state index contributed by atoms with van der Waals surface area (Å²) in [7, 11) is 0. The molecule has 1 heterocycles. The summed E-state index contributed by atoms with van der Waals surface area (Å²) in [6.07, 6.45) is 7.37. The van der Waals surface area contributed by atoms with E-state index in [4.69, 9.17) is 0 Å². The van der Waals surface area contributed by atoms with Crippen LogP contribution in [0.25, 0.3) is 6.08 Å². The van der Waals surface area contributed by atoms with Crippen LogP contribution in [0.4, 0.5) is 0 Å². The quantitative estimate of drug-likeness (QED) is 0.669. The molecule has 82 valence electrons. The standard InChI is InChI=1S/C16H13N/c1-14-6-8-15(9-7-14)4-2-3-5-16-10-12-17-13-11-16/h3,5-13H,1H3. The zero-order chi connectivity index (χ0) is 11.9. The van der Waals surface area contributed by atoms with Gasteiger partial charge >= 0.3 is 0 Å². The van der Waals surface area contributed by atoms with Crippen LogP contribution in [0, 0.1) is 18.8 Å². The second-order valence-corrected chi connectivity index (χ2v) is 3.75. The summed E-state index contributed by atoms with van der Waals surface area (Å²) >= 11 is 0. The van der Waals surface area contributed by atoms with Crippen LogP contribution in [0.2, 0.25) is 0 Å². The molecule has 0 aliphatic rings. The lowest BCUT2D eigenvalue weighted by Gasteiger charge is -1.90. The Kier molecular flexibility index (Phi) is 3.72. The Morgan fingerprint density at radius 2 is 1.71 bits per heavy atom. The third-order valence-corrected chi connectivity index (χ3v) is 2.33. The van der Waals surface area contributed by atoms with Crippen molar-refractivity contribution in [3.8, 4) is 11.8 Å². The van der Waals surface area contributed by atoms with Gasteiger partial charge in [0.1, 0.15) is 0 Å². The van der Waals surface area contributed by atoms with Gasteiger partial charge in [0.05, 0.1) is 0 Å². The number of allylic oxidation sites excluding steroid dienone is 1. The predicted octanol–water partition coefficient (Wildman–Crippen LogP) is 3.45. The molecule has 0 unspecified atom stereocenters. The molecule has 0 fully saturated rings. The molecule has 0 bridgehead atoms. The highest BCUT2D eigenvalue weighted by Crippen LogP contribution is 2.01. The van der Waals surface area contributed by atoms with Crippen molar-refractivity contribution in [1.82, 2.24) is 4.98 Å². The molecule has 17 heavy (non-hydrogen) atoms. The van der Waals surface area contributed by atoms with Gasteiger partial charge in [-0.15, -0.1) is 0 Å². The molecular weight excluding hydrogens is 206 g/mol. The number of rotatable bonds is 1. The molecule has 1 aromatic heterocycles. The van der Waals surface area contributed by atoms with Gasteiger partial charge in [0.25, 0.3) is 0 Å². The second-order valence-electron chi connectivity index (χ2n) is 3.75. The molecular formula is C16H13N. The van der Waals surface area contributed by atoms with Crippen molar-refractivity contribution < 1.29 is 0 Å². The van der Waals surface area contributed by atoms with E-state index in [1.54, 1.807) is 12.4 Å². The van der Waals surface area contributed by atoms with Gasteiger partial charge in [0.2, 0.25) is 0 Å². The maximum absolute atomic E-state index is 3.96. The molecule has 1 nitrogen and oxygen atoms in total. The number of hydrogen-bond donors (Lipinski definition) is 0. The van der Waals surface area contributed by atoms with Gasteiger partial charge in [-0.1, -0.05) is 29.5 Å². The number of aromatic nitrogens is 1. The van der Waals surface area contributed by atoms with E-state index in [2.05, 4.69) is 35.9 Å². The Balaban J connectivity index is 2.04. The van der Waals surface area contributed by atoms with Crippen molar-refractivity contribution in [1.29, 1.82) is 0 Å². The van der Waals surface area contributed by atoms with Gasteiger partial charge < -0.3 is 0 Å². The molecule has 2 rings (SSSR count). The normalized spacial score (nSPS) is 9.94. The number of aryl methyl sites for hydroxylation is 1. The third-order valence-electron chi connectivity index (χ3n) is 2.33. The number of benzene rings is 1. The fraction of sp³-hybridized carbons (Fsp3) is 0.0625. The van der Waals surface area contributed by atoms with Gasteiger partial charge in [-0.3, -0.25) is 4.98 Å². The van der Waals surface area contributed by atoms with Crippen LogP contribution in [0.3, 0.4) is 0 Å². The minimum atomic E-state index is 1.04. The minimum Gasteiger partial charge on any atom is -0.265 e. The van der Waals surface area contributed by atoms with Crippen molar-refractivity contribution >= 4 is 6.08 Å². The highest BCUT2D eigenvalue weighted by molar-refractivity contribution is 5.52. The van der Waals surface area contributed by atoms with E-state index < -0.39 is 0 Å². The van der Waals surface area contributed by atoms with Crippen molar-refractivity contribution in [3.63, 3.8) is 0 Å². The molecule has 0 aliphatic carbocycles. The Labute approximate surface area is 102 Å². The summed E-state index contributed by atoms with van der Waals surface area (Å²) in [5, 5.41) is 0. The smallest absolute Gasteiger partial charge is 0.0273 e. The van der Waals surface area contributed by atoms with Crippen molar-refractivity contribution in [2.45, 2.75) is 6.92 Å². The molecule has 0 amide bonds. The first-order valence-corrected chi connectivity index (χ1v) is 5.49. The summed E-state index contributed by atoms with van der Waals surface area (Å²) in [6, 6.07) is 12.1. The van der Waals surface area contributed by atoms with Crippen LogP contribution in [0.5, 0.6) is 0 Å². The molecule has 1 heteroatoms. The molecule has 0 spiro atoms. The number of hydrogen-bond acceptors (Lipinski definition) is 1. The first kappa shape index (κ1) is 11.2. The Morgan fingerprint density at radius 1 is 1.00 bits per heavy atom. The van der Waals surface area contributed by atoms with Crippen molar-refractivity contribution in [3.05, 3.63) is 71.6 Å². The van der Waals surface area contributed by atoms with Crippen LogP contribution < -0.4 is 0 Å². The summed E-state index contributed by atoms with van der Waals surface area (Å²) in [4.78, 5) is 3.96. The lowest BCUT2D eigenvalue weighted by molar-refractivity contribution is 1.32. The first-order valence-electron chi connectivity index (χ1n) is 5.49. The number of pyridine rings is 1. The zero-order valence-electron chi connectivity index (χ0n) is 9.72. The third kappa shape index (κ3) is 3.62. The molecule has 0 aliphatic heterocycles. The van der Waals surface area contributed by atoms with Crippen LogP contribution in [-0.2, 0) is 0 Å². The monoisotopic (exact) mass is 219 g/mol. The van der Waals surface area contributed by atoms with Crippen LogP contribution in [0.1, 0.15) is 16.7 Å². The number of nitrogens with zero attached hydrogens (tertiary/aromatic N) is 1. The van der Waals surface area contributed by atoms with Gasteiger partial charge in [0.15, 0.2) is 0 Å². The fourth-order valence-corrected chi connectivity index (χ4v) is 1.37. The second kappa shape index (κ2) is 5.67. The highest BCUT2D eigenvalue weighted by Gasteiger charge is 1.84. The zero-order valence-corrected chi connectivity index (χ0v) is 9.72. The van der Waals surface area contributed by atoms with Crippen LogP contribution in [-0.4, -0.2) is 4.98 Å². The topological polar surface area (TPSA) is 12.9 Å². The van der Waals surface area contributed by atoms with E-state index in [0.717, 1.165) is 11.1 Å². The fourth-order valence-electron chi connectivity index (χ4n) is 1.37. The van der Waals surface area contributed by atoms with Gasteiger partial charge in [-0.05, 0) is 48.9 Å². The predicted molar refractivity (Wildman–Crippen MR) is 71.3 cm³/mol. The van der Waals surface area contributed by atoms with E-state index in [1.165, 1.54) is 5.56 Å². The summed E-state index contributed by atoms with van der Waals surface area (Å²) < 4.78 is 0. The van der Waals surface area contributed by atoms with Crippen molar-refractivity contribution in [2.24, 2.45) is 0 Å². The van der Waals surface area contributed by atoms with Gasteiger partial charge in [-0.25, -0.2) is 0 Å². The summed E-state index contributed by atoms with van der Waals surface area (Å²) in [6.45, 7) is 2.07. The van der Waals surface area contributed by atoms with Gasteiger partial charge in [-0.2, -0.15) is 0 Å². The molecule has 2 aromatic rings. The first-order chi connectivity index (χ1) is 8.34. The average Bonchev–Trinajstić information content (AvgIpc) is 2.38. The SMILES string of the molecule is Cc1ccc(C#CC=Cc2ccncc2)cc1. The summed E-state index contributed by atoms with van der Waals surface area (Å²) in [5.74, 6) is 6.11. The molecule has 0 atom stereocenters.